The van der Waals surface area contributed by atoms with E-state index in [2.05, 4.69) is 45.7 Å². The molecule has 0 bridgehead atoms. The number of aryl methyl sites for hydroxylation is 1. The van der Waals surface area contributed by atoms with Crippen LogP contribution in [0.5, 0.6) is 0 Å². The van der Waals surface area contributed by atoms with Crippen LogP contribution in [-0.4, -0.2) is 39.5 Å². The molecule has 3 rings (SSSR count). The first-order valence-corrected chi connectivity index (χ1v) is 9.68. The van der Waals surface area contributed by atoms with Crippen LogP contribution in [0.3, 0.4) is 0 Å². The minimum Gasteiger partial charge on any atom is -0.349 e. The van der Waals surface area contributed by atoms with Gasteiger partial charge in [0.25, 0.3) is 0 Å². The van der Waals surface area contributed by atoms with Crippen molar-refractivity contribution in [1.29, 1.82) is 0 Å². The summed E-state index contributed by atoms with van der Waals surface area (Å²) in [6, 6.07) is 10.9. The van der Waals surface area contributed by atoms with Gasteiger partial charge in [-0.25, -0.2) is 4.98 Å². The maximum Gasteiger partial charge on any atom is 0.223 e. The highest BCUT2D eigenvalue weighted by Gasteiger charge is 2.27. The quantitative estimate of drug-likeness (QED) is 0.830. The summed E-state index contributed by atoms with van der Waals surface area (Å²) in [4.78, 5) is 19.4. The van der Waals surface area contributed by atoms with Gasteiger partial charge in [0, 0.05) is 30.9 Å². The monoisotopic (exact) mass is 354 g/mol. The number of carbonyl (C=O) groups is 1. The van der Waals surface area contributed by atoms with Crippen molar-refractivity contribution in [2.75, 3.05) is 13.1 Å². The number of aromatic nitrogens is 2. The van der Waals surface area contributed by atoms with E-state index in [1.807, 2.05) is 30.7 Å². The lowest BCUT2D eigenvalue weighted by molar-refractivity contribution is -0.127. The van der Waals surface area contributed by atoms with Gasteiger partial charge >= 0.3 is 0 Å². The highest BCUT2D eigenvalue weighted by atomic mass is 16.1. The molecule has 26 heavy (non-hydrogen) atoms. The van der Waals surface area contributed by atoms with Crippen LogP contribution in [0, 0.1) is 5.92 Å². The van der Waals surface area contributed by atoms with Gasteiger partial charge in [-0.1, -0.05) is 30.3 Å². The molecule has 0 radical (unpaired) electrons. The van der Waals surface area contributed by atoms with E-state index in [0.29, 0.717) is 6.04 Å². The first-order valence-electron chi connectivity index (χ1n) is 9.68. The van der Waals surface area contributed by atoms with E-state index in [4.69, 9.17) is 0 Å². The molecule has 1 aromatic carbocycles. The fourth-order valence-electron chi connectivity index (χ4n) is 3.67. The third-order valence-electron chi connectivity index (χ3n) is 5.38. The predicted molar refractivity (Wildman–Crippen MR) is 104 cm³/mol. The molecule has 5 heteroatoms. The zero-order valence-corrected chi connectivity index (χ0v) is 15.8. The van der Waals surface area contributed by atoms with Crippen LogP contribution in [0.15, 0.2) is 49.1 Å². The number of amides is 1. The van der Waals surface area contributed by atoms with Gasteiger partial charge in [-0.15, -0.1) is 0 Å². The lowest BCUT2D eigenvalue weighted by atomic mass is 9.94. The second kappa shape index (κ2) is 8.99. The number of hydrogen-bond donors (Lipinski definition) is 1. The molecule has 1 atom stereocenters. The number of rotatable bonds is 7. The smallest absolute Gasteiger partial charge is 0.223 e. The van der Waals surface area contributed by atoms with Gasteiger partial charge in [0.1, 0.15) is 0 Å². The van der Waals surface area contributed by atoms with Gasteiger partial charge in [-0.05, 0) is 51.8 Å². The van der Waals surface area contributed by atoms with Gasteiger partial charge in [-0.3, -0.25) is 4.79 Å². The molecule has 1 aliphatic heterocycles. The molecule has 1 amide bonds. The van der Waals surface area contributed by atoms with Gasteiger partial charge in [0.2, 0.25) is 5.91 Å². The Labute approximate surface area is 156 Å². The summed E-state index contributed by atoms with van der Waals surface area (Å²) in [5.41, 5.74) is 1.17. The largest absolute Gasteiger partial charge is 0.349 e. The molecule has 1 N–H and O–H groups in total. The molecule has 2 heterocycles. The van der Waals surface area contributed by atoms with Crippen molar-refractivity contribution in [1.82, 2.24) is 19.8 Å². The number of nitrogens with zero attached hydrogens (tertiary/aromatic N) is 3. The van der Waals surface area contributed by atoms with Crippen LogP contribution in [0.25, 0.3) is 0 Å². The summed E-state index contributed by atoms with van der Waals surface area (Å²) >= 11 is 0. The van der Waals surface area contributed by atoms with E-state index < -0.39 is 0 Å². The molecule has 5 nitrogen and oxygen atoms in total. The van der Waals surface area contributed by atoms with Crippen LogP contribution in [0.1, 0.15) is 44.7 Å². The molecule has 2 aromatic rings. The standard InChI is InChI=1S/C21H30N4O/c1-17(2)25-13-8-19(9-14-25)21(26)23-20(18-6-4-3-5-7-18)10-12-24-15-11-22-16-24/h3-7,11,15-17,19-20H,8-10,12-14H2,1-2H3,(H,23,26). The molecule has 1 aliphatic rings. The van der Waals surface area contributed by atoms with Crippen molar-refractivity contribution in [3.63, 3.8) is 0 Å². The van der Waals surface area contributed by atoms with Crippen LogP contribution >= 0.6 is 0 Å². The number of piperidine rings is 1. The Hall–Kier alpha value is -2.14. The lowest BCUT2D eigenvalue weighted by Crippen LogP contribution is -2.43. The summed E-state index contributed by atoms with van der Waals surface area (Å²) in [6.45, 7) is 7.32. The summed E-state index contributed by atoms with van der Waals surface area (Å²) < 4.78 is 2.06. The maximum atomic E-state index is 12.9. The first-order chi connectivity index (χ1) is 12.6. The van der Waals surface area contributed by atoms with Crippen molar-refractivity contribution in [3.05, 3.63) is 54.6 Å². The van der Waals surface area contributed by atoms with Crippen molar-refractivity contribution in [2.24, 2.45) is 5.92 Å². The van der Waals surface area contributed by atoms with Crippen LogP contribution in [0.2, 0.25) is 0 Å². The number of hydrogen-bond acceptors (Lipinski definition) is 3. The van der Waals surface area contributed by atoms with E-state index in [9.17, 15) is 4.79 Å². The summed E-state index contributed by atoms with van der Waals surface area (Å²) in [5, 5.41) is 3.32. The van der Waals surface area contributed by atoms with E-state index >= 15 is 0 Å². The molecule has 0 aliphatic carbocycles. The van der Waals surface area contributed by atoms with Crippen LogP contribution in [0.4, 0.5) is 0 Å². The molecule has 1 fully saturated rings. The van der Waals surface area contributed by atoms with Gasteiger partial charge in [0.15, 0.2) is 0 Å². The van der Waals surface area contributed by atoms with E-state index in [0.717, 1.165) is 38.9 Å². The fourth-order valence-corrected chi connectivity index (χ4v) is 3.67. The Bertz CT molecular complexity index is 661. The lowest BCUT2D eigenvalue weighted by Gasteiger charge is -2.34. The highest BCUT2D eigenvalue weighted by Crippen LogP contribution is 2.23. The van der Waals surface area contributed by atoms with Gasteiger partial charge in [0.05, 0.1) is 12.4 Å². The number of nitrogens with one attached hydrogen (secondary N) is 1. The average Bonchev–Trinajstić information content (AvgIpc) is 3.19. The molecule has 0 spiro atoms. The average molecular weight is 354 g/mol. The SMILES string of the molecule is CC(C)N1CCC(C(=O)NC(CCn2ccnc2)c2ccccc2)CC1. The zero-order chi connectivity index (χ0) is 18.4. The molecule has 1 unspecified atom stereocenters. The van der Waals surface area contributed by atoms with Crippen molar-refractivity contribution in [3.8, 4) is 0 Å². The number of imidazole rings is 1. The number of likely N-dealkylation sites (tertiary alicyclic amines) is 1. The highest BCUT2D eigenvalue weighted by molar-refractivity contribution is 5.79. The third-order valence-corrected chi connectivity index (χ3v) is 5.38. The summed E-state index contributed by atoms with van der Waals surface area (Å²) in [6.07, 6.45) is 8.34. The Morgan fingerprint density at radius 1 is 1.23 bits per heavy atom. The van der Waals surface area contributed by atoms with E-state index in [1.165, 1.54) is 5.56 Å². The third kappa shape index (κ3) is 4.94. The molecule has 140 valence electrons. The first kappa shape index (κ1) is 18.6. The molecule has 1 aromatic heterocycles. The minimum atomic E-state index is 0.0363. The number of benzene rings is 1. The Morgan fingerprint density at radius 3 is 2.58 bits per heavy atom. The Kier molecular flexibility index (Phi) is 6.45. The summed E-state index contributed by atoms with van der Waals surface area (Å²) in [5.74, 6) is 0.331. The van der Waals surface area contributed by atoms with Crippen molar-refractivity contribution in [2.45, 2.75) is 51.7 Å². The fraction of sp³-hybridized carbons (Fsp3) is 0.524. The molecule has 0 saturated carbocycles. The van der Waals surface area contributed by atoms with Crippen LogP contribution < -0.4 is 5.32 Å². The Balaban J connectivity index is 1.60. The second-order valence-electron chi connectivity index (χ2n) is 7.47. The summed E-state index contributed by atoms with van der Waals surface area (Å²) in [7, 11) is 0. The topological polar surface area (TPSA) is 50.2 Å². The zero-order valence-electron chi connectivity index (χ0n) is 15.8. The molecule has 1 saturated heterocycles. The molecular formula is C21H30N4O. The molecular weight excluding hydrogens is 324 g/mol. The van der Waals surface area contributed by atoms with E-state index in [-0.39, 0.29) is 17.9 Å². The van der Waals surface area contributed by atoms with Gasteiger partial charge in [-0.2, -0.15) is 0 Å². The number of carbonyl (C=O) groups excluding carboxylic acids is 1. The Morgan fingerprint density at radius 2 is 1.96 bits per heavy atom. The normalized spacial score (nSPS) is 17.3. The van der Waals surface area contributed by atoms with Crippen molar-refractivity contribution < 1.29 is 4.79 Å². The van der Waals surface area contributed by atoms with Gasteiger partial charge < -0.3 is 14.8 Å². The predicted octanol–water partition coefficient (Wildman–Crippen LogP) is 3.25. The van der Waals surface area contributed by atoms with Crippen molar-refractivity contribution >= 4 is 5.91 Å². The maximum absolute atomic E-state index is 12.9. The minimum absolute atomic E-state index is 0.0363. The van der Waals surface area contributed by atoms with E-state index in [1.54, 1.807) is 6.20 Å². The van der Waals surface area contributed by atoms with Crippen LogP contribution in [-0.2, 0) is 11.3 Å². The second-order valence-corrected chi connectivity index (χ2v) is 7.47.